The highest BCUT2D eigenvalue weighted by Crippen LogP contribution is 2.29. The predicted molar refractivity (Wildman–Crippen MR) is 115 cm³/mol. The Balaban J connectivity index is 1.59. The van der Waals surface area contributed by atoms with Crippen LogP contribution in [0.5, 0.6) is 0 Å². The molecule has 3 aromatic carbocycles. The number of nitrogens with zero attached hydrogens (tertiary/aromatic N) is 1. The summed E-state index contributed by atoms with van der Waals surface area (Å²) in [6.07, 6.45) is 1.90. The van der Waals surface area contributed by atoms with Crippen LogP contribution in [0.15, 0.2) is 77.7 Å². The monoisotopic (exact) mass is 406 g/mol. The van der Waals surface area contributed by atoms with Crippen LogP contribution >= 0.6 is 0 Å². The maximum atomic E-state index is 13.1. The lowest BCUT2D eigenvalue weighted by atomic mass is 10.0. The first-order chi connectivity index (χ1) is 14.0. The summed E-state index contributed by atoms with van der Waals surface area (Å²) in [5, 5.41) is 0. The van der Waals surface area contributed by atoms with Crippen LogP contribution in [0.1, 0.15) is 27.9 Å². The van der Waals surface area contributed by atoms with E-state index in [2.05, 4.69) is 10.8 Å². The zero-order chi connectivity index (χ0) is 20.4. The molecule has 0 spiro atoms. The summed E-state index contributed by atoms with van der Waals surface area (Å²) in [5.41, 5.74) is 3.83. The quantitative estimate of drug-likeness (QED) is 0.699. The van der Waals surface area contributed by atoms with Gasteiger partial charge in [0.25, 0.3) is 15.9 Å². The standard InChI is InChI=1S/C23H22N2O3S/c1-17-16-19(23(26)25-15-7-9-18-8-5-6-12-22(18)25)13-14-21(17)24-29(27,28)20-10-3-2-4-11-20/h2-6,8,10-14,16,24H,7,9,15H2,1H3. The number of hydrogen-bond acceptors (Lipinski definition) is 3. The lowest BCUT2D eigenvalue weighted by Gasteiger charge is -2.29. The first-order valence-electron chi connectivity index (χ1n) is 9.54. The van der Waals surface area contributed by atoms with Gasteiger partial charge in [-0.15, -0.1) is 0 Å². The van der Waals surface area contributed by atoms with Crippen molar-refractivity contribution in [1.29, 1.82) is 0 Å². The van der Waals surface area contributed by atoms with E-state index in [4.69, 9.17) is 0 Å². The Kier molecular flexibility index (Phi) is 5.11. The number of para-hydroxylation sites is 1. The van der Waals surface area contributed by atoms with Crippen molar-refractivity contribution < 1.29 is 13.2 Å². The van der Waals surface area contributed by atoms with Crippen molar-refractivity contribution in [3.05, 3.63) is 89.5 Å². The lowest BCUT2D eigenvalue weighted by molar-refractivity contribution is 0.0985. The van der Waals surface area contributed by atoms with Crippen molar-refractivity contribution >= 4 is 27.3 Å². The smallest absolute Gasteiger partial charge is 0.261 e. The molecule has 3 aromatic rings. The molecule has 0 aliphatic carbocycles. The molecule has 0 saturated heterocycles. The number of aryl methyl sites for hydroxylation is 2. The van der Waals surface area contributed by atoms with Gasteiger partial charge in [-0.05, 0) is 67.3 Å². The topological polar surface area (TPSA) is 66.5 Å². The van der Waals surface area contributed by atoms with E-state index in [1.165, 1.54) is 5.56 Å². The van der Waals surface area contributed by atoms with Gasteiger partial charge >= 0.3 is 0 Å². The molecule has 6 heteroatoms. The molecule has 0 radical (unpaired) electrons. The van der Waals surface area contributed by atoms with E-state index in [1.54, 1.807) is 60.4 Å². The number of rotatable bonds is 4. The zero-order valence-corrected chi connectivity index (χ0v) is 16.9. The average molecular weight is 407 g/mol. The molecule has 0 atom stereocenters. The minimum absolute atomic E-state index is 0.0716. The lowest BCUT2D eigenvalue weighted by Crippen LogP contribution is -2.35. The third-order valence-electron chi connectivity index (χ3n) is 5.13. The molecule has 0 aromatic heterocycles. The van der Waals surface area contributed by atoms with E-state index in [9.17, 15) is 13.2 Å². The molecule has 1 amide bonds. The second kappa shape index (κ2) is 7.72. The van der Waals surface area contributed by atoms with Crippen LogP contribution in [0.2, 0.25) is 0 Å². The maximum Gasteiger partial charge on any atom is 0.261 e. The van der Waals surface area contributed by atoms with Crippen molar-refractivity contribution in [3.8, 4) is 0 Å². The fourth-order valence-electron chi connectivity index (χ4n) is 3.61. The van der Waals surface area contributed by atoms with E-state index in [0.29, 0.717) is 23.4 Å². The number of anilines is 2. The largest absolute Gasteiger partial charge is 0.308 e. The van der Waals surface area contributed by atoms with E-state index < -0.39 is 10.0 Å². The summed E-state index contributed by atoms with van der Waals surface area (Å²) in [4.78, 5) is 15.1. The first kappa shape index (κ1) is 19.2. The van der Waals surface area contributed by atoms with Gasteiger partial charge in [-0.1, -0.05) is 36.4 Å². The second-order valence-electron chi connectivity index (χ2n) is 7.14. The average Bonchev–Trinajstić information content (AvgIpc) is 2.75. The fraction of sp³-hybridized carbons (Fsp3) is 0.174. The van der Waals surface area contributed by atoms with E-state index in [1.807, 2.05) is 18.2 Å². The normalized spacial score (nSPS) is 13.6. The number of sulfonamides is 1. The summed E-state index contributed by atoms with van der Waals surface area (Å²) in [6.45, 7) is 2.47. The van der Waals surface area contributed by atoms with Crippen molar-refractivity contribution in [1.82, 2.24) is 0 Å². The van der Waals surface area contributed by atoms with Crippen LogP contribution in [-0.4, -0.2) is 20.9 Å². The third-order valence-corrected chi connectivity index (χ3v) is 6.51. The highest BCUT2D eigenvalue weighted by molar-refractivity contribution is 7.92. The predicted octanol–water partition coefficient (Wildman–Crippen LogP) is 4.39. The van der Waals surface area contributed by atoms with Gasteiger partial charge in [0.1, 0.15) is 0 Å². The maximum absolute atomic E-state index is 13.1. The number of hydrogen-bond donors (Lipinski definition) is 1. The van der Waals surface area contributed by atoms with Crippen molar-refractivity contribution in [2.24, 2.45) is 0 Å². The molecule has 5 nitrogen and oxygen atoms in total. The second-order valence-corrected chi connectivity index (χ2v) is 8.82. The van der Waals surface area contributed by atoms with Gasteiger partial charge in [0.05, 0.1) is 10.6 Å². The number of carbonyl (C=O) groups excluding carboxylic acids is 1. The minimum Gasteiger partial charge on any atom is -0.308 e. The number of carbonyl (C=O) groups is 1. The summed E-state index contributed by atoms with van der Waals surface area (Å²) in [5.74, 6) is -0.0716. The van der Waals surface area contributed by atoms with Gasteiger partial charge in [-0.3, -0.25) is 9.52 Å². The van der Waals surface area contributed by atoms with Crippen LogP contribution in [0.4, 0.5) is 11.4 Å². The Morgan fingerprint density at radius 2 is 1.69 bits per heavy atom. The number of amides is 1. The van der Waals surface area contributed by atoms with E-state index >= 15 is 0 Å². The SMILES string of the molecule is Cc1cc(C(=O)N2CCCc3ccccc32)ccc1NS(=O)(=O)c1ccccc1. The third kappa shape index (κ3) is 3.89. The van der Waals surface area contributed by atoms with Crippen molar-refractivity contribution in [3.63, 3.8) is 0 Å². The Labute approximate surface area is 171 Å². The zero-order valence-electron chi connectivity index (χ0n) is 16.1. The first-order valence-corrected chi connectivity index (χ1v) is 11.0. The molecule has 0 bridgehead atoms. The molecule has 1 N–H and O–H groups in total. The van der Waals surface area contributed by atoms with Gasteiger partial charge in [0.2, 0.25) is 0 Å². The van der Waals surface area contributed by atoms with E-state index in [0.717, 1.165) is 18.5 Å². The van der Waals surface area contributed by atoms with Gasteiger partial charge < -0.3 is 4.90 Å². The summed E-state index contributed by atoms with van der Waals surface area (Å²) < 4.78 is 27.8. The Morgan fingerprint density at radius 3 is 2.45 bits per heavy atom. The number of fused-ring (bicyclic) bond motifs is 1. The van der Waals surface area contributed by atoms with E-state index in [-0.39, 0.29) is 10.8 Å². The Morgan fingerprint density at radius 1 is 0.966 bits per heavy atom. The van der Waals surface area contributed by atoms with Crippen LogP contribution in [0.3, 0.4) is 0 Å². The van der Waals surface area contributed by atoms with Gasteiger partial charge in [-0.25, -0.2) is 8.42 Å². The summed E-state index contributed by atoms with van der Waals surface area (Å²) in [7, 11) is -3.67. The molecular formula is C23H22N2O3S. The van der Waals surface area contributed by atoms with Gasteiger partial charge in [0.15, 0.2) is 0 Å². The van der Waals surface area contributed by atoms with Crippen molar-refractivity contribution in [2.75, 3.05) is 16.2 Å². The molecule has 0 fully saturated rings. The molecule has 1 heterocycles. The van der Waals surface area contributed by atoms with Crippen LogP contribution in [0.25, 0.3) is 0 Å². The Hall–Kier alpha value is -3.12. The Bertz CT molecular complexity index is 1160. The molecule has 4 rings (SSSR count). The van der Waals surface area contributed by atoms with Crippen LogP contribution < -0.4 is 9.62 Å². The highest BCUT2D eigenvalue weighted by Gasteiger charge is 2.24. The number of nitrogens with one attached hydrogen (secondary N) is 1. The molecule has 1 aliphatic rings. The van der Waals surface area contributed by atoms with Crippen LogP contribution in [-0.2, 0) is 16.4 Å². The van der Waals surface area contributed by atoms with Crippen molar-refractivity contribution in [2.45, 2.75) is 24.7 Å². The summed E-state index contributed by atoms with van der Waals surface area (Å²) in [6, 6.07) is 21.2. The molecule has 29 heavy (non-hydrogen) atoms. The molecular weight excluding hydrogens is 384 g/mol. The molecule has 0 unspecified atom stereocenters. The highest BCUT2D eigenvalue weighted by atomic mass is 32.2. The molecule has 0 saturated carbocycles. The fourth-order valence-corrected chi connectivity index (χ4v) is 4.77. The minimum atomic E-state index is -3.67. The van der Waals surface area contributed by atoms with Gasteiger partial charge in [0, 0.05) is 17.8 Å². The number of benzene rings is 3. The molecule has 148 valence electrons. The van der Waals surface area contributed by atoms with Crippen LogP contribution in [0, 0.1) is 6.92 Å². The van der Waals surface area contributed by atoms with Gasteiger partial charge in [-0.2, -0.15) is 0 Å². The summed E-state index contributed by atoms with van der Waals surface area (Å²) >= 11 is 0. The molecule has 1 aliphatic heterocycles.